The summed E-state index contributed by atoms with van der Waals surface area (Å²) in [6.07, 6.45) is 2.87. The molecule has 7 nitrogen and oxygen atoms in total. The summed E-state index contributed by atoms with van der Waals surface area (Å²) in [4.78, 5) is 25.1. The van der Waals surface area contributed by atoms with Gasteiger partial charge in [0.2, 0.25) is 10.0 Å². The molecule has 2 unspecified atom stereocenters. The predicted octanol–water partition coefficient (Wildman–Crippen LogP) is 0.849. The van der Waals surface area contributed by atoms with Gasteiger partial charge in [0.15, 0.2) is 0 Å². The monoisotopic (exact) mass is 385 g/mol. The van der Waals surface area contributed by atoms with Crippen LogP contribution in [0.15, 0.2) is 23.1 Å². The van der Waals surface area contributed by atoms with Crippen LogP contribution >= 0.6 is 12.4 Å². The van der Waals surface area contributed by atoms with Crippen LogP contribution in [-0.4, -0.2) is 61.7 Å². The number of fused-ring (bicyclic) bond motifs is 3. The van der Waals surface area contributed by atoms with Crippen LogP contribution in [0.2, 0.25) is 0 Å². The summed E-state index contributed by atoms with van der Waals surface area (Å²) in [5.74, 6) is -0.848. The highest BCUT2D eigenvalue weighted by Gasteiger charge is 2.37. The molecule has 0 aromatic heterocycles. The van der Waals surface area contributed by atoms with Gasteiger partial charge in [-0.3, -0.25) is 14.5 Å². The molecule has 3 aliphatic heterocycles. The van der Waals surface area contributed by atoms with E-state index in [1.54, 1.807) is 0 Å². The number of amides is 2. The van der Waals surface area contributed by atoms with Gasteiger partial charge in [0, 0.05) is 32.2 Å². The molecule has 2 fully saturated rings. The molecule has 0 saturated carbocycles. The normalized spacial score (nSPS) is 26.4. The molecule has 1 aromatic rings. The van der Waals surface area contributed by atoms with E-state index in [4.69, 9.17) is 0 Å². The first-order chi connectivity index (χ1) is 11.4. The van der Waals surface area contributed by atoms with E-state index >= 15 is 0 Å². The maximum absolute atomic E-state index is 13.0. The maximum atomic E-state index is 13.0. The SMILES string of the molecule is CN1C(=O)c2ccc(S(=O)(=O)N3CCC4CCC(C3)N4)cc2C1=O.Cl. The smallest absolute Gasteiger partial charge is 0.261 e. The van der Waals surface area contributed by atoms with E-state index < -0.39 is 21.8 Å². The second-order valence-electron chi connectivity index (χ2n) is 6.67. The molecule has 4 rings (SSSR count). The van der Waals surface area contributed by atoms with Gasteiger partial charge >= 0.3 is 0 Å². The lowest BCUT2D eigenvalue weighted by molar-refractivity contribution is 0.0693. The maximum Gasteiger partial charge on any atom is 0.261 e. The fourth-order valence-corrected chi connectivity index (χ4v) is 5.31. The second kappa shape index (κ2) is 6.35. The van der Waals surface area contributed by atoms with Crippen molar-refractivity contribution in [2.75, 3.05) is 20.1 Å². The lowest BCUT2D eigenvalue weighted by Gasteiger charge is -2.23. The average molecular weight is 386 g/mol. The Morgan fingerprint density at radius 2 is 1.72 bits per heavy atom. The van der Waals surface area contributed by atoms with Crippen molar-refractivity contribution in [3.63, 3.8) is 0 Å². The molecular formula is C16H20ClN3O4S. The Kier molecular flexibility index (Phi) is 4.65. The van der Waals surface area contributed by atoms with Crippen molar-refractivity contribution in [2.45, 2.75) is 36.2 Å². The number of hydrogen-bond donors (Lipinski definition) is 1. The summed E-state index contributed by atoms with van der Waals surface area (Å²) in [5, 5.41) is 3.46. The number of hydrogen-bond acceptors (Lipinski definition) is 5. The molecule has 0 aliphatic carbocycles. The molecule has 25 heavy (non-hydrogen) atoms. The van der Waals surface area contributed by atoms with Crippen molar-refractivity contribution >= 4 is 34.2 Å². The first-order valence-electron chi connectivity index (χ1n) is 8.10. The van der Waals surface area contributed by atoms with E-state index in [1.165, 1.54) is 29.6 Å². The summed E-state index contributed by atoms with van der Waals surface area (Å²) >= 11 is 0. The fraction of sp³-hybridized carbons (Fsp3) is 0.500. The summed E-state index contributed by atoms with van der Waals surface area (Å²) in [7, 11) is -2.28. The van der Waals surface area contributed by atoms with Gasteiger partial charge in [-0.2, -0.15) is 4.31 Å². The molecule has 2 amide bonds. The third kappa shape index (κ3) is 2.87. The number of nitrogens with one attached hydrogen (secondary N) is 1. The van der Waals surface area contributed by atoms with Crippen molar-refractivity contribution in [3.8, 4) is 0 Å². The number of carbonyl (C=O) groups is 2. The molecule has 3 heterocycles. The lowest BCUT2D eigenvalue weighted by Crippen LogP contribution is -2.39. The molecule has 1 N–H and O–H groups in total. The highest BCUT2D eigenvalue weighted by molar-refractivity contribution is 7.89. The fourth-order valence-electron chi connectivity index (χ4n) is 3.78. The van der Waals surface area contributed by atoms with Crippen molar-refractivity contribution < 1.29 is 18.0 Å². The number of imide groups is 1. The summed E-state index contributed by atoms with van der Waals surface area (Å²) in [5.41, 5.74) is 0.427. The Morgan fingerprint density at radius 3 is 2.48 bits per heavy atom. The highest BCUT2D eigenvalue weighted by Crippen LogP contribution is 2.28. The topological polar surface area (TPSA) is 86.8 Å². The first-order valence-corrected chi connectivity index (χ1v) is 9.54. The Hall–Kier alpha value is -1.48. The van der Waals surface area contributed by atoms with Crippen molar-refractivity contribution in [1.29, 1.82) is 0 Å². The van der Waals surface area contributed by atoms with Gasteiger partial charge in [-0.15, -0.1) is 12.4 Å². The van der Waals surface area contributed by atoms with Crippen LogP contribution < -0.4 is 5.32 Å². The van der Waals surface area contributed by atoms with E-state index in [0.717, 1.165) is 24.2 Å². The van der Waals surface area contributed by atoms with Crippen molar-refractivity contribution in [2.24, 2.45) is 0 Å². The largest absolute Gasteiger partial charge is 0.310 e. The van der Waals surface area contributed by atoms with E-state index in [2.05, 4.69) is 5.32 Å². The molecule has 2 atom stereocenters. The van der Waals surface area contributed by atoms with Gasteiger partial charge in [0.1, 0.15) is 0 Å². The van der Waals surface area contributed by atoms with E-state index in [9.17, 15) is 18.0 Å². The van der Waals surface area contributed by atoms with Crippen LogP contribution in [0.3, 0.4) is 0 Å². The Morgan fingerprint density at radius 1 is 1.04 bits per heavy atom. The third-order valence-corrected chi connectivity index (χ3v) is 7.05. The van der Waals surface area contributed by atoms with Crippen LogP contribution in [0.25, 0.3) is 0 Å². The number of halogens is 1. The Balaban J connectivity index is 0.00000182. The molecule has 2 bridgehead atoms. The average Bonchev–Trinajstić information content (AvgIpc) is 2.99. The van der Waals surface area contributed by atoms with Gasteiger partial charge in [0.25, 0.3) is 11.8 Å². The minimum absolute atomic E-state index is 0. The number of sulfonamides is 1. The van der Waals surface area contributed by atoms with Crippen molar-refractivity contribution in [1.82, 2.24) is 14.5 Å². The number of benzene rings is 1. The van der Waals surface area contributed by atoms with E-state index in [1.807, 2.05) is 0 Å². The van der Waals surface area contributed by atoms with Crippen LogP contribution in [0.5, 0.6) is 0 Å². The van der Waals surface area contributed by atoms with E-state index in [-0.39, 0.29) is 34.5 Å². The zero-order chi connectivity index (χ0) is 17.1. The van der Waals surface area contributed by atoms with Gasteiger partial charge in [0.05, 0.1) is 16.0 Å². The number of nitrogens with zero attached hydrogens (tertiary/aromatic N) is 2. The summed E-state index contributed by atoms with van der Waals surface area (Å²) < 4.78 is 27.4. The first kappa shape index (κ1) is 18.3. The van der Waals surface area contributed by atoms with Gasteiger partial charge in [-0.1, -0.05) is 0 Å². The Bertz CT molecular complexity index is 842. The van der Waals surface area contributed by atoms with Crippen LogP contribution in [0, 0.1) is 0 Å². The van der Waals surface area contributed by atoms with Crippen molar-refractivity contribution in [3.05, 3.63) is 29.3 Å². The predicted molar refractivity (Wildman–Crippen MR) is 93.4 cm³/mol. The van der Waals surface area contributed by atoms with Crippen LogP contribution in [-0.2, 0) is 10.0 Å². The minimum Gasteiger partial charge on any atom is -0.310 e. The highest BCUT2D eigenvalue weighted by atomic mass is 35.5. The molecule has 0 radical (unpaired) electrons. The van der Waals surface area contributed by atoms with Gasteiger partial charge in [-0.25, -0.2) is 8.42 Å². The molecular weight excluding hydrogens is 366 g/mol. The third-order valence-electron chi connectivity index (χ3n) is 5.18. The molecule has 136 valence electrons. The molecule has 0 spiro atoms. The van der Waals surface area contributed by atoms with Crippen LogP contribution in [0.1, 0.15) is 40.0 Å². The second-order valence-corrected chi connectivity index (χ2v) is 8.60. The number of rotatable bonds is 2. The molecule has 1 aromatic carbocycles. The van der Waals surface area contributed by atoms with Crippen LogP contribution in [0.4, 0.5) is 0 Å². The number of carbonyl (C=O) groups excluding carboxylic acids is 2. The zero-order valence-electron chi connectivity index (χ0n) is 13.8. The van der Waals surface area contributed by atoms with E-state index in [0.29, 0.717) is 19.1 Å². The Labute approximate surface area is 152 Å². The zero-order valence-corrected chi connectivity index (χ0v) is 15.4. The molecule has 3 aliphatic rings. The lowest BCUT2D eigenvalue weighted by atomic mass is 10.1. The van der Waals surface area contributed by atoms with Gasteiger partial charge in [-0.05, 0) is 37.5 Å². The van der Waals surface area contributed by atoms with Gasteiger partial charge < -0.3 is 5.32 Å². The quantitative estimate of drug-likeness (QED) is 0.762. The minimum atomic E-state index is -3.68. The standard InChI is InChI=1S/C16H19N3O4S.ClH/c1-18-15(20)13-5-4-12(8-14(13)16(18)21)24(22,23)19-7-6-10-2-3-11(9-19)17-10;/h4-5,8,10-11,17H,2-3,6-7,9H2,1H3;1H. The molecule has 9 heteroatoms. The molecule has 2 saturated heterocycles. The summed E-state index contributed by atoms with van der Waals surface area (Å²) in [6, 6.07) is 4.79. The summed E-state index contributed by atoms with van der Waals surface area (Å²) in [6.45, 7) is 0.920.